The summed E-state index contributed by atoms with van der Waals surface area (Å²) in [6.45, 7) is 14.7. The molecule has 176 valence electrons. The Hall–Kier alpha value is -3.02. The summed E-state index contributed by atoms with van der Waals surface area (Å²) >= 11 is 0. The van der Waals surface area contributed by atoms with Gasteiger partial charge in [-0.05, 0) is 53.1 Å². The minimum absolute atomic E-state index is 0.0390. The first-order valence-corrected chi connectivity index (χ1v) is 10.7. The smallest absolute Gasteiger partial charge is 0.344 e. The van der Waals surface area contributed by atoms with Crippen LogP contribution >= 0.6 is 0 Å². The molecule has 32 heavy (non-hydrogen) atoms. The molecule has 0 fully saturated rings. The van der Waals surface area contributed by atoms with Crippen LogP contribution in [-0.4, -0.2) is 36.9 Å². The summed E-state index contributed by atoms with van der Waals surface area (Å²) in [4.78, 5) is 21.4. The average Bonchev–Trinajstić information content (AvgIpc) is 2.71. The van der Waals surface area contributed by atoms with E-state index < -0.39 is 5.97 Å². The van der Waals surface area contributed by atoms with Gasteiger partial charge in [0.2, 0.25) is 0 Å². The van der Waals surface area contributed by atoms with Gasteiger partial charge in [0.15, 0.2) is 13.2 Å². The van der Waals surface area contributed by atoms with Gasteiger partial charge in [0.1, 0.15) is 11.5 Å². The number of hydrogen-bond donors (Lipinski definition) is 1. The lowest BCUT2D eigenvalue weighted by molar-refractivity contribution is -0.145. The summed E-state index contributed by atoms with van der Waals surface area (Å²) in [6.07, 6.45) is 0. The number of carboxylic acids is 1. The van der Waals surface area contributed by atoms with E-state index in [1.165, 1.54) is 11.1 Å². The SMILES string of the molecule is CC(C)(C)c1ccc(OCC(=O)O)cc1.CCOC(=O)COc1ccc(C(C)(C)C)cc1. The van der Waals surface area contributed by atoms with Crippen LogP contribution in [0, 0.1) is 0 Å². The summed E-state index contributed by atoms with van der Waals surface area (Å²) in [7, 11) is 0. The van der Waals surface area contributed by atoms with Crippen molar-refractivity contribution in [2.24, 2.45) is 0 Å². The summed E-state index contributed by atoms with van der Waals surface area (Å²) in [5.41, 5.74) is 2.66. The molecular formula is C26H36O6. The molecule has 0 saturated heterocycles. The van der Waals surface area contributed by atoms with Crippen molar-refractivity contribution in [1.82, 2.24) is 0 Å². The number of aliphatic carboxylic acids is 1. The molecular weight excluding hydrogens is 408 g/mol. The third-order valence-corrected chi connectivity index (χ3v) is 4.47. The largest absolute Gasteiger partial charge is 0.482 e. The zero-order valence-electron chi connectivity index (χ0n) is 20.2. The molecule has 6 heteroatoms. The maximum atomic E-state index is 11.1. The third kappa shape index (κ3) is 10.3. The van der Waals surface area contributed by atoms with Gasteiger partial charge in [-0.3, -0.25) is 0 Å². The fourth-order valence-corrected chi connectivity index (χ4v) is 2.59. The van der Waals surface area contributed by atoms with E-state index in [4.69, 9.17) is 19.3 Å². The molecule has 0 radical (unpaired) electrons. The zero-order valence-corrected chi connectivity index (χ0v) is 20.2. The molecule has 0 aliphatic heterocycles. The highest BCUT2D eigenvalue weighted by molar-refractivity contribution is 5.71. The van der Waals surface area contributed by atoms with E-state index in [0.29, 0.717) is 18.1 Å². The molecule has 0 unspecified atom stereocenters. The third-order valence-electron chi connectivity index (χ3n) is 4.47. The maximum Gasteiger partial charge on any atom is 0.344 e. The lowest BCUT2D eigenvalue weighted by Gasteiger charge is -2.19. The van der Waals surface area contributed by atoms with Crippen molar-refractivity contribution >= 4 is 11.9 Å². The zero-order chi connectivity index (χ0) is 24.4. The van der Waals surface area contributed by atoms with Gasteiger partial charge in [-0.2, -0.15) is 0 Å². The lowest BCUT2D eigenvalue weighted by Crippen LogP contribution is -2.15. The predicted octanol–water partition coefficient (Wildman–Crippen LogP) is 5.37. The standard InChI is InChI=1S/C14H20O3.C12H16O3/c1-5-16-13(15)10-17-12-8-6-11(7-9-12)14(2,3)4;1-12(2,3)9-4-6-10(7-5-9)15-8-11(13)14/h6-9H,5,10H2,1-4H3;4-7H,8H2,1-3H3,(H,13,14). The summed E-state index contributed by atoms with van der Waals surface area (Å²) in [5, 5.41) is 8.43. The van der Waals surface area contributed by atoms with Crippen LogP contribution in [0.25, 0.3) is 0 Å². The molecule has 2 rings (SSSR count). The number of benzene rings is 2. The first-order valence-electron chi connectivity index (χ1n) is 10.7. The Morgan fingerprint density at radius 2 is 1.09 bits per heavy atom. The number of ether oxygens (including phenoxy) is 3. The molecule has 0 bridgehead atoms. The first kappa shape index (κ1) is 27.0. The molecule has 2 aromatic carbocycles. The normalized spacial score (nSPS) is 11.1. The molecule has 1 N–H and O–H groups in total. The van der Waals surface area contributed by atoms with Crippen molar-refractivity contribution in [2.75, 3.05) is 19.8 Å². The van der Waals surface area contributed by atoms with Crippen LogP contribution in [0.2, 0.25) is 0 Å². The average molecular weight is 445 g/mol. The van der Waals surface area contributed by atoms with E-state index in [9.17, 15) is 9.59 Å². The summed E-state index contributed by atoms with van der Waals surface area (Å²) < 4.78 is 15.1. The van der Waals surface area contributed by atoms with Crippen LogP contribution in [-0.2, 0) is 25.2 Å². The number of hydrogen-bond acceptors (Lipinski definition) is 5. The Balaban J connectivity index is 0.000000323. The highest BCUT2D eigenvalue weighted by Crippen LogP contribution is 2.25. The van der Waals surface area contributed by atoms with Gasteiger partial charge in [0.25, 0.3) is 0 Å². The van der Waals surface area contributed by atoms with Crippen LogP contribution < -0.4 is 9.47 Å². The van der Waals surface area contributed by atoms with Gasteiger partial charge < -0.3 is 19.3 Å². The molecule has 0 aromatic heterocycles. The fourth-order valence-electron chi connectivity index (χ4n) is 2.59. The topological polar surface area (TPSA) is 82.1 Å². The maximum absolute atomic E-state index is 11.1. The number of carbonyl (C=O) groups is 2. The summed E-state index contributed by atoms with van der Waals surface area (Å²) in [5.74, 6) is -0.0289. The minimum Gasteiger partial charge on any atom is -0.482 e. The number of carbonyl (C=O) groups excluding carboxylic acids is 1. The van der Waals surface area contributed by atoms with Gasteiger partial charge in [-0.15, -0.1) is 0 Å². The Morgan fingerprint density at radius 3 is 1.41 bits per heavy atom. The Labute approximate surface area is 191 Å². The number of rotatable bonds is 7. The number of carboxylic acid groups (broad SMARTS) is 1. The van der Waals surface area contributed by atoms with Crippen molar-refractivity contribution in [1.29, 1.82) is 0 Å². The molecule has 2 aromatic rings. The molecule has 0 heterocycles. The predicted molar refractivity (Wildman–Crippen MR) is 126 cm³/mol. The lowest BCUT2D eigenvalue weighted by atomic mass is 9.87. The molecule has 0 spiro atoms. The second kappa shape index (κ2) is 12.1. The van der Waals surface area contributed by atoms with Gasteiger partial charge in [0, 0.05) is 0 Å². The van der Waals surface area contributed by atoms with Gasteiger partial charge >= 0.3 is 11.9 Å². The Bertz CT molecular complexity index is 840. The van der Waals surface area contributed by atoms with Crippen LogP contribution in [0.15, 0.2) is 48.5 Å². The molecule has 0 saturated carbocycles. The number of esters is 1. The van der Waals surface area contributed by atoms with Crippen molar-refractivity contribution in [3.63, 3.8) is 0 Å². The van der Waals surface area contributed by atoms with E-state index >= 15 is 0 Å². The van der Waals surface area contributed by atoms with Crippen LogP contribution in [0.1, 0.15) is 59.6 Å². The van der Waals surface area contributed by atoms with E-state index in [1.54, 1.807) is 19.1 Å². The van der Waals surface area contributed by atoms with Crippen LogP contribution in [0.3, 0.4) is 0 Å². The highest BCUT2D eigenvalue weighted by Gasteiger charge is 2.14. The second-order valence-corrected chi connectivity index (χ2v) is 9.32. The molecule has 0 amide bonds. The van der Waals surface area contributed by atoms with E-state index in [0.717, 1.165) is 0 Å². The highest BCUT2D eigenvalue weighted by atomic mass is 16.6. The summed E-state index contributed by atoms with van der Waals surface area (Å²) in [6, 6.07) is 15.3. The Morgan fingerprint density at radius 1 is 0.719 bits per heavy atom. The monoisotopic (exact) mass is 444 g/mol. The minimum atomic E-state index is -0.963. The van der Waals surface area contributed by atoms with Gasteiger partial charge in [-0.1, -0.05) is 65.8 Å². The first-order chi connectivity index (χ1) is 14.8. The fraction of sp³-hybridized carbons (Fsp3) is 0.462. The molecule has 6 nitrogen and oxygen atoms in total. The van der Waals surface area contributed by atoms with Gasteiger partial charge in [0.05, 0.1) is 6.61 Å². The quantitative estimate of drug-likeness (QED) is 0.578. The van der Waals surface area contributed by atoms with E-state index in [1.807, 2.05) is 36.4 Å². The second-order valence-electron chi connectivity index (χ2n) is 9.32. The van der Waals surface area contributed by atoms with Crippen molar-refractivity contribution in [3.05, 3.63) is 59.7 Å². The van der Waals surface area contributed by atoms with Crippen LogP contribution in [0.4, 0.5) is 0 Å². The van der Waals surface area contributed by atoms with Crippen molar-refractivity contribution < 1.29 is 28.9 Å². The van der Waals surface area contributed by atoms with Crippen molar-refractivity contribution in [2.45, 2.75) is 59.3 Å². The van der Waals surface area contributed by atoms with E-state index in [-0.39, 0.29) is 30.0 Å². The molecule has 0 atom stereocenters. The Kier molecular flexibility index (Phi) is 10.2. The molecule has 0 aliphatic rings. The van der Waals surface area contributed by atoms with Gasteiger partial charge in [-0.25, -0.2) is 9.59 Å². The van der Waals surface area contributed by atoms with E-state index in [2.05, 4.69) is 41.5 Å². The van der Waals surface area contributed by atoms with Crippen LogP contribution in [0.5, 0.6) is 11.5 Å². The van der Waals surface area contributed by atoms with Crippen molar-refractivity contribution in [3.8, 4) is 11.5 Å². The molecule has 0 aliphatic carbocycles.